The quantitative estimate of drug-likeness (QED) is 0.825. The molecular formula is C14H16N2O2. The van der Waals surface area contributed by atoms with Crippen LogP contribution >= 0.6 is 0 Å². The maximum Gasteiger partial charge on any atom is 0.276 e. The maximum atomic E-state index is 12.2. The Bertz CT molecular complexity index is 490. The summed E-state index contributed by atoms with van der Waals surface area (Å²) >= 11 is 0. The first kappa shape index (κ1) is 11.4. The minimum atomic E-state index is -0.788. The van der Waals surface area contributed by atoms with E-state index < -0.39 is 5.54 Å². The Hall–Kier alpha value is -1.68. The minimum absolute atomic E-state index is 0.191. The molecule has 0 atom stereocenters. The fraction of sp³-hybridized carbons (Fsp3) is 0.429. The Labute approximate surface area is 106 Å². The van der Waals surface area contributed by atoms with Gasteiger partial charge in [0, 0.05) is 5.56 Å². The number of amidine groups is 1. The molecule has 1 fully saturated rings. The molecule has 2 aliphatic rings. The number of nitrogens with zero attached hydrogens (tertiary/aromatic N) is 2. The largest absolute Gasteiger partial charge is 0.286 e. The number of aliphatic imine (C=N–C) groups is 1. The molecular weight excluding hydrogens is 228 g/mol. The Balaban J connectivity index is 1.96. The smallest absolute Gasteiger partial charge is 0.276 e. The Morgan fingerprint density at radius 2 is 1.78 bits per heavy atom. The molecule has 18 heavy (non-hydrogen) atoms. The lowest BCUT2D eigenvalue weighted by molar-refractivity contribution is -0.149. The summed E-state index contributed by atoms with van der Waals surface area (Å²) in [5.41, 5.74) is -0.000493. The SMILES string of the molecule is O=C1N=C(c2ccccc2)N(O)C12CCCCC2. The van der Waals surface area contributed by atoms with Crippen LogP contribution in [-0.2, 0) is 4.79 Å². The molecule has 1 aliphatic heterocycles. The van der Waals surface area contributed by atoms with E-state index in [2.05, 4.69) is 4.99 Å². The van der Waals surface area contributed by atoms with Crippen molar-refractivity contribution in [3.05, 3.63) is 35.9 Å². The summed E-state index contributed by atoms with van der Waals surface area (Å²) in [6.45, 7) is 0. The highest BCUT2D eigenvalue weighted by molar-refractivity contribution is 6.12. The van der Waals surface area contributed by atoms with Gasteiger partial charge < -0.3 is 0 Å². The van der Waals surface area contributed by atoms with Crippen LogP contribution in [0.25, 0.3) is 0 Å². The van der Waals surface area contributed by atoms with Crippen molar-refractivity contribution in [3.8, 4) is 0 Å². The third kappa shape index (κ3) is 1.56. The van der Waals surface area contributed by atoms with Gasteiger partial charge in [0.15, 0.2) is 5.84 Å². The molecule has 1 aromatic rings. The molecule has 1 aromatic carbocycles. The van der Waals surface area contributed by atoms with Crippen LogP contribution < -0.4 is 0 Å². The van der Waals surface area contributed by atoms with E-state index in [4.69, 9.17) is 0 Å². The molecule has 0 saturated heterocycles. The Kier molecular flexibility index (Phi) is 2.67. The summed E-state index contributed by atoms with van der Waals surface area (Å²) in [5.74, 6) is 0.200. The van der Waals surface area contributed by atoms with Gasteiger partial charge >= 0.3 is 0 Å². The summed E-state index contributed by atoms with van der Waals surface area (Å²) in [7, 11) is 0. The van der Waals surface area contributed by atoms with Gasteiger partial charge in [-0.25, -0.2) is 5.06 Å². The molecule has 0 radical (unpaired) electrons. The second-order valence-corrected chi connectivity index (χ2v) is 5.01. The monoisotopic (exact) mass is 244 g/mol. The number of benzene rings is 1. The molecule has 1 N–H and O–H groups in total. The minimum Gasteiger partial charge on any atom is -0.286 e. The van der Waals surface area contributed by atoms with Crippen LogP contribution in [0, 0.1) is 0 Å². The van der Waals surface area contributed by atoms with E-state index in [9.17, 15) is 10.0 Å². The predicted molar refractivity (Wildman–Crippen MR) is 67.4 cm³/mol. The van der Waals surface area contributed by atoms with Crippen LogP contribution in [0.15, 0.2) is 35.3 Å². The number of amides is 1. The van der Waals surface area contributed by atoms with Crippen molar-refractivity contribution in [2.75, 3.05) is 0 Å². The summed E-state index contributed by atoms with van der Waals surface area (Å²) in [5, 5.41) is 11.5. The van der Waals surface area contributed by atoms with Gasteiger partial charge in [-0.1, -0.05) is 49.6 Å². The first-order valence-electron chi connectivity index (χ1n) is 6.42. The highest BCUT2D eigenvalue weighted by atomic mass is 16.5. The van der Waals surface area contributed by atoms with E-state index in [-0.39, 0.29) is 5.91 Å². The van der Waals surface area contributed by atoms with Gasteiger partial charge in [0.1, 0.15) is 5.54 Å². The lowest BCUT2D eigenvalue weighted by Gasteiger charge is -2.36. The molecule has 0 unspecified atom stereocenters. The zero-order valence-corrected chi connectivity index (χ0v) is 10.2. The van der Waals surface area contributed by atoms with Crippen molar-refractivity contribution < 1.29 is 10.0 Å². The Morgan fingerprint density at radius 1 is 1.11 bits per heavy atom. The summed E-state index contributed by atoms with van der Waals surface area (Å²) in [4.78, 5) is 16.2. The second-order valence-electron chi connectivity index (χ2n) is 5.01. The van der Waals surface area contributed by atoms with Gasteiger partial charge in [-0.3, -0.25) is 10.0 Å². The normalized spacial score (nSPS) is 22.4. The number of hydrogen-bond donors (Lipinski definition) is 1. The summed E-state index contributed by atoms with van der Waals surface area (Å²) < 4.78 is 0. The van der Waals surface area contributed by atoms with E-state index in [1.165, 1.54) is 0 Å². The van der Waals surface area contributed by atoms with Crippen LogP contribution in [0.1, 0.15) is 37.7 Å². The highest BCUT2D eigenvalue weighted by Gasteiger charge is 2.50. The van der Waals surface area contributed by atoms with Crippen molar-refractivity contribution in [1.29, 1.82) is 0 Å². The van der Waals surface area contributed by atoms with Gasteiger partial charge in [0.2, 0.25) is 0 Å². The molecule has 0 bridgehead atoms. The summed E-state index contributed by atoms with van der Waals surface area (Å²) in [6, 6.07) is 9.37. The first-order chi connectivity index (χ1) is 8.74. The van der Waals surface area contributed by atoms with Crippen molar-refractivity contribution in [1.82, 2.24) is 5.06 Å². The van der Waals surface area contributed by atoms with Crippen LogP contribution in [0.4, 0.5) is 0 Å². The standard InChI is InChI=1S/C14H16N2O2/c17-13-14(9-5-2-6-10-14)16(18)12(15-13)11-7-3-1-4-8-11/h1,3-4,7-8,18H,2,5-6,9-10H2. The average molecular weight is 244 g/mol. The molecule has 4 nitrogen and oxygen atoms in total. The zero-order valence-electron chi connectivity index (χ0n) is 10.2. The van der Waals surface area contributed by atoms with Gasteiger partial charge in [-0.05, 0) is 12.8 Å². The lowest BCUT2D eigenvalue weighted by Crippen LogP contribution is -2.51. The van der Waals surface area contributed by atoms with Crippen LogP contribution in [0.5, 0.6) is 0 Å². The second kappa shape index (κ2) is 4.21. The topological polar surface area (TPSA) is 52.9 Å². The molecule has 1 aliphatic carbocycles. The number of hydroxylamine groups is 2. The maximum absolute atomic E-state index is 12.2. The average Bonchev–Trinajstić information content (AvgIpc) is 2.66. The fourth-order valence-corrected chi connectivity index (χ4v) is 2.88. The van der Waals surface area contributed by atoms with Crippen molar-refractivity contribution in [2.45, 2.75) is 37.6 Å². The van der Waals surface area contributed by atoms with E-state index in [0.717, 1.165) is 29.9 Å². The third-order valence-electron chi connectivity index (χ3n) is 3.92. The van der Waals surface area contributed by atoms with E-state index in [0.29, 0.717) is 18.7 Å². The van der Waals surface area contributed by atoms with Gasteiger partial charge in [-0.2, -0.15) is 4.99 Å². The van der Waals surface area contributed by atoms with E-state index >= 15 is 0 Å². The Morgan fingerprint density at radius 3 is 2.44 bits per heavy atom. The predicted octanol–water partition coefficient (Wildman–Crippen LogP) is 2.37. The molecule has 1 heterocycles. The van der Waals surface area contributed by atoms with E-state index in [1.54, 1.807) is 0 Å². The fourth-order valence-electron chi connectivity index (χ4n) is 2.88. The molecule has 1 amide bonds. The third-order valence-corrected chi connectivity index (χ3v) is 3.92. The molecule has 1 spiro atoms. The van der Waals surface area contributed by atoms with Crippen molar-refractivity contribution in [2.24, 2.45) is 4.99 Å². The molecule has 3 rings (SSSR count). The van der Waals surface area contributed by atoms with Gasteiger partial charge in [-0.15, -0.1) is 0 Å². The van der Waals surface area contributed by atoms with Crippen LogP contribution in [0.3, 0.4) is 0 Å². The van der Waals surface area contributed by atoms with Crippen molar-refractivity contribution in [3.63, 3.8) is 0 Å². The molecule has 4 heteroatoms. The van der Waals surface area contributed by atoms with Crippen LogP contribution in [0.2, 0.25) is 0 Å². The van der Waals surface area contributed by atoms with Gasteiger partial charge in [0.05, 0.1) is 0 Å². The molecule has 94 valence electrons. The zero-order chi connectivity index (χ0) is 12.6. The number of carbonyl (C=O) groups is 1. The van der Waals surface area contributed by atoms with Crippen LogP contribution in [-0.4, -0.2) is 27.6 Å². The van der Waals surface area contributed by atoms with Crippen molar-refractivity contribution >= 4 is 11.7 Å². The number of carbonyl (C=O) groups excluding carboxylic acids is 1. The molecule has 0 aromatic heterocycles. The molecule has 1 saturated carbocycles. The summed E-state index contributed by atoms with van der Waals surface area (Å²) in [6.07, 6.45) is 4.47. The highest BCUT2D eigenvalue weighted by Crippen LogP contribution is 2.38. The number of rotatable bonds is 1. The van der Waals surface area contributed by atoms with Gasteiger partial charge in [0.25, 0.3) is 5.91 Å². The number of hydrogen-bond acceptors (Lipinski definition) is 3. The van der Waals surface area contributed by atoms with E-state index in [1.807, 2.05) is 30.3 Å². The first-order valence-corrected chi connectivity index (χ1v) is 6.42. The lowest BCUT2D eigenvalue weighted by atomic mass is 9.81.